The minimum Gasteiger partial charge on any atom is -0.363 e. The molecule has 1 N–H and O–H groups in total. The van der Waals surface area contributed by atoms with Gasteiger partial charge < -0.3 is 5.32 Å². The number of hydrogen-bond donors (Lipinski definition) is 1. The molecule has 20 heavy (non-hydrogen) atoms. The summed E-state index contributed by atoms with van der Waals surface area (Å²) in [6.07, 6.45) is 0. The number of nitrogens with one attached hydrogen (secondary N) is 1. The minimum atomic E-state index is 0.172. The first-order valence-corrected chi connectivity index (χ1v) is 6.98. The second kappa shape index (κ2) is 5.51. The first kappa shape index (κ1) is 12.9. The highest BCUT2D eigenvalue weighted by atomic mass is 35.5. The molecule has 1 unspecified atom stereocenters. The fourth-order valence-electron chi connectivity index (χ4n) is 2.31. The summed E-state index contributed by atoms with van der Waals surface area (Å²) in [6.45, 7) is 2.12. The van der Waals surface area contributed by atoms with Gasteiger partial charge in [-0.25, -0.2) is 4.98 Å². The van der Waals surface area contributed by atoms with Gasteiger partial charge in [0.05, 0.1) is 0 Å². The van der Waals surface area contributed by atoms with Crippen LogP contribution in [0.3, 0.4) is 0 Å². The predicted molar refractivity (Wildman–Crippen MR) is 85.2 cm³/mol. The Kier molecular flexibility index (Phi) is 3.57. The number of fused-ring (bicyclic) bond motifs is 1. The molecule has 0 aliphatic heterocycles. The molecule has 2 aromatic carbocycles. The molecule has 0 amide bonds. The quantitative estimate of drug-likeness (QED) is 0.679. The van der Waals surface area contributed by atoms with Gasteiger partial charge in [-0.15, -0.1) is 0 Å². The Bertz CT molecular complexity index is 725. The van der Waals surface area contributed by atoms with Crippen LogP contribution >= 0.6 is 11.6 Å². The Balaban J connectivity index is 1.98. The zero-order chi connectivity index (χ0) is 13.9. The Morgan fingerprint density at radius 2 is 1.70 bits per heavy atom. The summed E-state index contributed by atoms with van der Waals surface area (Å²) < 4.78 is 0. The van der Waals surface area contributed by atoms with Gasteiger partial charge in [0.2, 0.25) is 0 Å². The number of anilines is 1. The molecule has 3 rings (SSSR count). The lowest BCUT2D eigenvalue weighted by Crippen LogP contribution is -2.08. The summed E-state index contributed by atoms with van der Waals surface area (Å²) in [5.74, 6) is 0.824. The summed E-state index contributed by atoms with van der Waals surface area (Å²) in [7, 11) is 0. The average Bonchev–Trinajstić information content (AvgIpc) is 2.48. The maximum atomic E-state index is 6.10. The number of rotatable bonds is 3. The molecule has 2 nitrogen and oxygen atoms in total. The van der Waals surface area contributed by atoms with Crippen molar-refractivity contribution in [3.8, 4) is 0 Å². The molecule has 0 aliphatic rings. The Morgan fingerprint density at radius 1 is 1.00 bits per heavy atom. The predicted octanol–water partition coefficient (Wildman–Crippen LogP) is 5.06. The van der Waals surface area contributed by atoms with E-state index in [-0.39, 0.29) is 6.04 Å². The van der Waals surface area contributed by atoms with E-state index < -0.39 is 0 Å². The lowest BCUT2D eigenvalue weighted by molar-refractivity contribution is 0.877. The van der Waals surface area contributed by atoms with Crippen molar-refractivity contribution in [3.05, 3.63) is 71.4 Å². The highest BCUT2D eigenvalue weighted by molar-refractivity contribution is 6.30. The normalized spacial score (nSPS) is 12.3. The second-order valence-electron chi connectivity index (χ2n) is 4.79. The van der Waals surface area contributed by atoms with Crippen molar-refractivity contribution >= 4 is 28.2 Å². The third-order valence-electron chi connectivity index (χ3n) is 3.36. The molecule has 0 fully saturated rings. The van der Waals surface area contributed by atoms with E-state index in [1.54, 1.807) is 0 Å². The van der Waals surface area contributed by atoms with Crippen molar-refractivity contribution in [2.24, 2.45) is 0 Å². The van der Waals surface area contributed by atoms with E-state index in [1.807, 2.05) is 42.5 Å². The lowest BCUT2D eigenvalue weighted by Gasteiger charge is -2.16. The zero-order valence-corrected chi connectivity index (χ0v) is 11.9. The van der Waals surface area contributed by atoms with Gasteiger partial charge >= 0.3 is 0 Å². The molecule has 1 atom stereocenters. The third kappa shape index (κ3) is 2.61. The number of nitrogens with zero attached hydrogens (tertiary/aromatic N) is 1. The number of pyridine rings is 1. The lowest BCUT2D eigenvalue weighted by atomic mass is 10.1. The molecule has 3 aromatic rings. The van der Waals surface area contributed by atoms with E-state index in [1.165, 1.54) is 5.56 Å². The van der Waals surface area contributed by atoms with Crippen LogP contribution < -0.4 is 5.32 Å². The maximum Gasteiger partial charge on any atom is 0.136 e. The number of halogens is 1. The van der Waals surface area contributed by atoms with Crippen LogP contribution in [0.5, 0.6) is 0 Å². The Morgan fingerprint density at radius 3 is 2.50 bits per heavy atom. The van der Waals surface area contributed by atoms with Gasteiger partial charge in [0.1, 0.15) is 11.0 Å². The molecule has 0 saturated carbocycles. The van der Waals surface area contributed by atoms with E-state index in [9.17, 15) is 0 Å². The fourth-order valence-corrected chi connectivity index (χ4v) is 2.51. The number of aromatic nitrogens is 1. The molecule has 0 saturated heterocycles. The summed E-state index contributed by atoms with van der Waals surface area (Å²) in [6, 6.07) is 20.5. The van der Waals surface area contributed by atoms with E-state index in [0.717, 1.165) is 16.6 Å². The molecule has 0 bridgehead atoms. The van der Waals surface area contributed by atoms with Crippen LogP contribution in [0.1, 0.15) is 18.5 Å². The van der Waals surface area contributed by atoms with E-state index >= 15 is 0 Å². The number of hydrogen-bond acceptors (Lipinski definition) is 2. The molecule has 100 valence electrons. The third-order valence-corrected chi connectivity index (χ3v) is 3.56. The molecule has 0 spiro atoms. The van der Waals surface area contributed by atoms with Crippen LogP contribution in [-0.2, 0) is 0 Å². The highest BCUT2D eigenvalue weighted by Crippen LogP contribution is 2.27. The van der Waals surface area contributed by atoms with Crippen LogP contribution in [0.15, 0.2) is 60.7 Å². The zero-order valence-electron chi connectivity index (χ0n) is 11.2. The van der Waals surface area contributed by atoms with Crippen LogP contribution in [0.25, 0.3) is 10.8 Å². The van der Waals surface area contributed by atoms with E-state index in [2.05, 4.69) is 35.4 Å². The second-order valence-corrected chi connectivity index (χ2v) is 5.18. The molecule has 1 heterocycles. The van der Waals surface area contributed by atoms with Gasteiger partial charge in [-0.05, 0) is 23.9 Å². The topological polar surface area (TPSA) is 24.9 Å². The maximum absolute atomic E-state index is 6.10. The number of benzene rings is 2. The van der Waals surface area contributed by atoms with Gasteiger partial charge in [-0.2, -0.15) is 0 Å². The first-order valence-electron chi connectivity index (χ1n) is 6.61. The molecule has 3 heteroatoms. The molecular weight excluding hydrogens is 268 g/mol. The largest absolute Gasteiger partial charge is 0.363 e. The molecule has 1 aromatic heterocycles. The molecule has 0 radical (unpaired) electrons. The summed E-state index contributed by atoms with van der Waals surface area (Å²) in [5, 5.41) is 6.13. The van der Waals surface area contributed by atoms with Crippen molar-refractivity contribution in [3.63, 3.8) is 0 Å². The van der Waals surface area contributed by atoms with Gasteiger partial charge in [-0.1, -0.05) is 66.2 Å². The van der Waals surface area contributed by atoms with Crippen molar-refractivity contribution in [1.29, 1.82) is 0 Å². The van der Waals surface area contributed by atoms with Crippen molar-refractivity contribution < 1.29 is 0 Å². The van der Waals surface area contributed by atoms with Gasteiger partial charge in [0.15, 0.2) is 0 Å². The average molecular weight is 283 g/mol. The van der Waals surface area contributed by atoms with Crippen molar-refractivity contribution in [1.82, 2.24) is 4.98 Å². The van der Waals surface area contributed by atoms with Crippen LogP contribution in [0.4, 0.5) is 5.82 Å². The summed E-state index contributed by atoms with van der Waals surface area (Å²) in [5.41, 5.74) is 1.22. The highest BCUT2D eigenvalue weighted by Gasteiger charge is 2.09. The smallest absolute Gasteiger partial charge is 0.136 e. The Hall–Kier alpha value is -2.06. The van der Waals surface area contributed by atoms with Gasteiger partial charge in [0, 0.05) is 11.4 Å². The van der Waals surface area contributed by atoms with Crippen LogP contribution in [-0.4, -0.2) is 4.98 Å². The first-order chi connectivity index (χ1) is 9.74. The fraction of sp³-hybridized carbons (Fsp3) is 0.118. The van der Waals surface area contributed by atoms with Crippen LogP contribution in [0, 0.1) is 0 Å². The summed E-state index contributed by atoms with van der Waals surface area (Å²) >= 11 is 6.10. The van der Waals surface area contributed by atoms with E-state index in [0.29, 0.717) is 5.15 Å². The standard InChI is InChI=1S/C17H15ClN2/c1-12(13-7-3-2-4-8-13)19-17-15-10-6-5-9-14(15)11-16(18)20-17/h2-12H,1H3,(H,19,20). The van der Waals surface area contributed by atoms with Crippen LogP contribution in [0.2, 0.25) is 5.15 Å². The summed E-state index contributed by atoms with van der Waals surface area (Å²) in [4.78, 5) is 4.42. The SMILES string of the molecule is CC(Nc1nc(Cl)cc2ccccc12)c1ccccc1. The van der Waals surface area contributed by atoms with Crippen molar-refractivity contribution in [2.45, 2.75) is 13.0 Å². The Labute approximate surface area is 123 Å². The monoisotopic (exact) mass is 282 g/mol. The van der Waals surface area contributed by atoms with Gasteiger partial charge in [-0.3, -0.25) is 0 Å². The minimum absolute atomic E-state index is 0.172. The molecular formula is C17H15ClN2. The molecule has 0 aliphatic carbocycles. The van der Waals surface area contributed by atoms with Crippen molar-refractivity contribution in [2.75, 3.05) is 5.32 Å². The van der Waals surface area contributed by atoms with Gasteiger partial charge in [0.25, 0.3) is 0 Å². The van der Waals surface area contributed by atoms with E-state index in [4.69, 9.17) is 11.6 Å².